The number of thiophene rings is 1. The number of amides is 2. The monoisotopic (exact) mass is 414 g/mol. The molecule has 0 saturated heterocycles. The van der Waals surface area contributed by atoms with Crippen molar-refractivity contribution in [3.8, 4) is 0 Å². The number of hydrogen-bond acceptors (Lipinski definition) is 4. The highest BCUT2D eigenvalue weighted by molar-refractivity contribution is 7.10. The zero-order chi connectivity index (χ0) is 20.8. The van der Waals surface area contributed by atoms with Crippen LogP contribution in [0.1, 0.15) is 48.7 Å². The van der Waals surface area contributed by atoms with E-state index in [1.54, 1.807) is 18.3 Å². The Morgan fingerprint density at radius 3 is 2.55 bits per heavy atom. The number of urea groups is 1. The summed E-state index contributed by atoms with van der Waals surface area (Å²) in [6, 6.07) is 12.6. The van der Waals surface area contributed by atoms with Crippen LogP contribution < -0.4 is 16.0 Å². The van der Waals surface area contributed by atoms with Gasteiger partial charge in [-0.05, 0) is 29.9 Å². The molecule has 0 saturated carbocycles. The third-order valence-electron chi connectivity index (χ3n) is 4.95. The lowest BCUT2D eigenvalue weighted by atomic mass is 9.98. The fraction of sp³-hybridized carbons (Fsp3) is 0.364. The molecule has 2 amide bonds. The van der Waals surface area contributed by atoms with Crippen molar-refractivity contribution in [3.05, 3.63) is 69.1 Å². The van der Waals surface area contributed by atoms with Gasteiger partial charge in [0.05, 0.1) is 29.3 Å². The number of carbonyl (C=O) groups is 2. The van der Waals surface area contributed by atoms with E-state index in [0.717, 1.165) is 0 Å². The molecule has 1 aromatic carbocycles. The third-order valence-corrected chi connectivity index (χ3v) is 5.90. The molecule has 0 bridgehead atoms. The maximum atomic E-state index is 12.3. The van der Waals surface area contributed by atoms with Gasteiger partial charge in [0.1, 0.15) is 12.6 Å². The number of quaternary nitrogens is 1. The van der Waals surface area contributed by atoms with Gasteiger partial charge in [-0.3, -0.25) is 0 Å². The first kappa shape index (κ1) is 21.1. The molecule has 4 N–H and O–H groups in total. The van der Waals surface area contributed by atoms with Gasteiger partial charge in [-0.2, -0.15) is 0 Å². The van der Waals surface area contributed by atoms with Crippen molar-refractivity contribution < 1.29 is 19.6 Å². The first-order valence-corrected chi connectivity index (χ1v) is 10.8. The molecule has 0 fully saturated rings. The van der Waals surface area contributed by atoms with Crippen LogP contribution in [-0.4, -0.2) is 31.7 Å². The fourth-order valence-electron chi connectivity index (χ4n) is 3.33. The van der Waals surface area contributed by atoms with Crippen LogP contribution in [0.25, 0.3) is 0 Å². The molecule has 0 unspecified atom stereocenters. The van der Waals surface area contributed by atoms with Crippen LogP contribution in [0.15, 0.2) is 53.0 Å². The van der Waals surface area contributed by atoms with Gasteiger partial charge in [0.2, 0.25) is 0 Å². The Bertz CT molecular complexity index is 873. The van der Waals surface area contributed by atoms with Crippen molar-refractivity contribution in [3.63, 3.8) is 0 Å². The zero-order valence-electron chi connectivity index (χ0n) is 17.0. The summed E-state index contributed by atoms with van der Waals surface area (Å²) in [6.07, 6.45) is 0. The van der Waals surface area contributed by atoms with Gasteiger partial charge in [0, 0.05) is 5.56 Å². The van der Waals surface area contributed by atoms with Crippen LogP contribution in [-0.2, 0) is 9.53 Å². The van der Waals surface area contributed by atoms with E-state index >= 15 is 0 Å². The summed E-state index contributed by atoms with van der Waals surface area (Å²) < 4.78 is 5.15. The maximum Gasteiger partial charge on any atom is 0.337 e. The van der Waals surface area contributed by atoms with Crippen LogP contribution in [0.2, 0.25) is 0 Å². The first-order valence-electron chi connectivity index (χ1n) is 9.90. The van der Waals surface area contributed by atoms with Gasteiger partial charge < -0.3 is 20.7 Å². The van der Waals surface area contributed by atoms with E-state index in [-0.39, 0.29) is 18.6 Å². The highest BCUT2D eigenvalue weighted by Gasteiger charge is 2.27. The van der Waals surface area contributed by atoms with Crippen LogP contribution >= 0.6 is 11.3 Å². The van der Waals surface area contributed by atoms with Crippen molar-refractivity contribution >= 4 is 23.3 Å². The maximum absolute atomic E-state index is 12.3. The van der Waals surface area contributed by atoms with E-state index in [1.165, 1.54) is 16.0 Å². The lowest BCUT2D eigenvalue weighted by Crippen LogP contribution is -2.86. The molecule has 1 aromatic heterocycles. The zero-order valence-corrected chi connectivity index (χ0v) is 17.8. The van der Waals surface area contributed by atoms with Crippen molar-refractivity contribution in [1.29, 1.82) is 0 Å². The smallest absolute Gasteiger partial charge is 0.337 e. The van der Waals surface area contributed by atoms with Crippen molar-refractivity contribution in [1.82, 2.24) is 10.6 Å². The first-order chi connectivity index (χ1) is 14.0. The molecular weight excluding hydrogens is 386 g/mol. The Labute approximate surface area is 175 Å². The lowest BCUT2D eigenvalue weighted by Gasteiger charge is -2.22. The molecule has 1 atom stereocenters. The van der Waals surface area contributed by atoms with Crippen molar-refractivity contribution in [2.75, 3.05) is 19.7 Å². The molecule has 0 spiro atoms. The summed E-state index contributed by atoms with van der Waals surface area (Å²) in [5, 5.41) is 9.64. The number of ether oxygens (including phenoxy) is 1. The Balaban J connectivity index is 1.84. The van der Waals surface area contributed by atoms with E-state index in [0.29, 0.717) is 30.3 Å². The molecule has 2 heterocycles. The standard InChI is InChI=1S/C22H27N3O3S/c1-4-28-21(26)17-12-24-22(27)25-18(17)13-23-20(19-6-5-11-29-19)16-9-7-15(8-10-16)14(2)3/h5-11,14,20,23H,4,12-13H2,1-3H3,(H2,24,25,27)/p+1/t20-/m1/s1. The number of carbonyl (C=O) groups excluding carboxylic acids is 2. The third kappa shape index (κ3) is 5.25. The average Bonchev–Trinajstić information content (AvgIpc) is 3.23. The Kier molecular flexibility index (Phi) is 7.06. The molecule has 2 aromatic rings. The van der Waals surface area contributed by atoms with Gasteiger partial charge >= 0.3 is 12.0 Å². The quantitative estimate of drug-likeness (QED) is 0.581. The van der Waals surface area contributed by atoms with Gasteiger partial charge in [-0.1, -0.05) is 44.2 Å². The number of esters is 1. The minimum Gasteiger partial charge on any atom is -0.463 e. The van der Waals surface area contributed by atoms with Crippen LogP contribution in [0.5, 0.6) is 0 Å². The van der Waals surface area contributed by atoms with Crippen molar-refractivity contribution in [2.45, 2.75) is 32.7 Å². The van der Waals surface area contributed by atoms with Gasteiger partial charge in [0.25, 0.3) is 0 Å². The number of nitrogens with two attached hydrogens (primary N) is 1. The predicted octanol–water partition coefficient (Wildman–Crippen LogP) is 2.65. The normalized spacial score (nSPS) is 15.1. The summed E-state index contributed by atoms with van der Waals surface area (Å²) in [4.78, 5) is 25.3. The molecule has 29 heavy (non-hydrogen) atoms. The average molecular weight is 415 g/mol. The summed E-state index contributed by atoms with van der Waals surface area (Å²) in [6.45, 7) is 7.08. The largest absolute Gasteiger partial charge is 0.463 e. The van der Waals surface area contributed by atoms with E-state index in [1.807, 2.05) is 6.07 Å². The summed E-state index contributed by atoms with van der Waals surface area (Å²) in [5.41, 5.74) is 3.57. The summed E-state index contributed by atoms with van der Waals surface area (Å²) in [5.74, 6) is 0.0906. The molecule has 1 aliphatic heterocycles. The van der Waals surface area contributed by atoms with Gasteiger partial charge in [-0.15, -0.1) is 11.3 Å². The number of benzene rings is 1. The summed E-state index contributed by atoms with van der Waals surface area (Å²) in [7, 11) is 0. The molecule has 7 heteroatoms. The van der Waals surface area contributed by atoms with Crippen molar-refractivity contribution in [2.24, 2.45) is 0 Å². The number of hydrogen-bond donors (Lipinski definition) is 3. The van der Waals surface area contributed by atoms with E-state index in [2.05, 4.69) is 65.5 Å². The molecular formula is C22H28N3O3S+. The molecule has 0 aliphatic carbocycles. The lowest BCUT2D eigenvalue weighted by molar-refractivity contribution is -0.680. The van der Waals surface area contributed by atoms with Crippen LogP contribution in [0.4, 0.5) is 4.79 Å². The van der Waals surface area contributed by atoms with Crippen LogP contribution in [0.3, 0.4) is 0 Å². The molecule has 154 valence electrons. The molecule has 6 nitrogen and oxygen atoms in total. The van der Waals surface area contributed by atoms with Gasteiger partial charge in [0.15, 0.2) is 0 Å². The number of nitrogens with one attached hydrogen (secondary N) is 2. The SMILES string of the molecule is CCOC(=O)C1=C(C[NH2+][C@H](c2ccc(C(C)C)cc2)c2cccs2)NC(=O)NC1. The molecule has 3 rings (SSSR count). The van der Waals surface area contributed by atoms with E-state index in [9.17, 15) is 9.59 Å². The van der Waals surface area contributed by atoms with E-state index in [4.69, 9.17) is 4.74 Å². The Hall–Kier alpha value is -2.64. The Morgan fingerprint density at radius 1 is 1.21 bits per heavy atom. The Morgan fingerprint density at radius 2 is 1.93 bits per heavy atom. The second-order valence-corrected chi connectivity index (χ2v) is 8.22. The van der Waals surface area contributed by atoms with E-state index < -0.39 is 5.97 Å². The number of rotatable bonds is 8. The fourth-order valence-corrected chi connectivity index (χ4v) is 4.18. The highest BCUT2D eigenvalue weighted by atomic mass is 32.1. The second-order valence-electron chi connectivity index (χ2n) is 7.24. The minimum atomic E-state index is -0.391. The molecule has 0 radical (unpaired) electrons. The molecule has 1 aliphatic rings. The summed E-state index contributed by atoms with van der Waals surface area (Å²) >= 11 is 1.70. The highest BCUT2D eigenvalue weighted by Crippen LogP contribution is 2.24. The second kappa shape index (κ2) is 9.71. The minimum absolute atomic E-state index is 0.0824. The van der Waals surface area contributed by atoms with Crippen LogP contribution in [0, 0.1) is 0 Å². The topological polar surface area (TPSA) is 84.0 Å². The predicted molar refractivity (Wildman–Crippen MR) is 114 cm³/mol. The van der Waals surface area contributed by atoms with Gasteiger partial charge in [-0.25, -0.2) is 9.59 Å².